The number of hydrogen-bond acceptors (Lipinski definition) is 3. The summed E-state index contributed by atoms with van der Waals surface area (Å²) in [6, 6.07) is 7.11. The third-order valence-corrected chi connectivity index (χ3v) is 2.70. The van der Waals surface area contributed by atoms with E-state index in [2.05, 4.69) is 6.92 Å². The SMILES string of the molecule is CCCCOCc1ccc2oc(C(=O)O)cc2c1. The van der Waals surface area contributed by atoms with Crippen molar-refractivity contribution in [2.45, 2.75) is 26.4 Å². The highest BCUT2D eigenvalue weighted by molar-refractivity contribution is 5.91. The van der Waals surface area contributed by atoms with Crippen LogP contribution in [0.25, 0.3) is 11.0 Å². The van der Waals surface area contributed by atoms with Gasteiger partial charge in [-0.25, -0.2) is 4.79 Å². The summed E-state index contributed by atoms with van der Waals surface area (Å²) in [5, 5.41) is 9.63. The van der Waals surface area contributed by atoms with Gasteiger partial charge in [-0.15, -0.1) is 0 Å². The van der Waals surface area contributed by atoms with Crippen LogP contribution in [0, 0.1) is 0 Å². The number of aromatic carboxylic acids is 1. The van der Waals surface area contributed by atoms with Gasteiger partial charge in [0.05, 0.1) is 6.61 Å². The lowest BCUT2D eigenvalue weighted by Gasteiger charge is -2.03. The molecule has 2 rings (SSSR count). The molecule has 0 spiro atoms. The Kier molecular flexibility index (Phi) is 3.99. The van der Waals surface area contributed by atoms with Gasteiger partial charge in [-0.3, -0.25) is 0 Å². The number of benzene rings is 1. The molecular formula is C14H16O4. The van der Waals surface area contributed by atoms with E-state index in [0.29, 0.717) is 12.2 Å². The number of carboxylic acids is 1. The number of hydrogen-bond donors (Lipinski definition) is 1. The summed E-state index contributed by atoms with van der Waals surface area (Å²) in [5.74, 6) is -1.08. The minimum Gasteiger partial charge on any atom is -0.475 e. The van der Waals surface area contributed by atoms with Gasteiger partial charge in [-0.2, -0.15) is 0 Å². The van der Waals surface area contributed by atoms with E-state index in [0.717, 1.165) is 30.4 Å². The second-order valence-corrected chi connectivity index (χ2v) is 4.19. The molecule has 0 radical (unpaired) electrons. The average Bonchev–Trinajstić information content (AvgIpc) is 2.78. The van der Waals surface area contributed by atoms with Crippen LogP contribution in [-0.2, 0) is 11.3 Å². The maximum Gasteiger partial charge on any atom is 0.371 e. The Bertz CT molecular complexity index is 542. The third-order valence-electron chi connectivity index (χ3n) is 2.70. The van der Waals surface area contributed by atoms with Gasteiger partial charge < -0.3 is 14.3 Å². The molecule has 0 bridgehead atoms. The maximum absolute atomic E-state index is 10.8. The summed E-state index contributed by atoms with van der Waals surface area (Å²) >= 11 is 0. The Hall–Kier alpha value is -1.81. The van der Waals surface area contributed by atoms with Crippen LogP contribution >= 0.6 is 0 Å². The van der Waals surface area contributed by atoms with E-state index in [-0.39, 0.29) is 5.76 Å². The number of carboxylic acid groups (broad SMARTS) is 1. The van der Waals surface area contributed by atoms with Crippen molar-refractivity contribution in [3.05, 3.63) is 35.6 Å². The van der Waals surface area contributed by atoms with Gasteiger partial charge in [0.15, 0.2) is 0 Å². The molecule has 0 fully saturated rings. The quantitative estimate of drug-likeness (QED) is 0.795. The molecule has 1 N–H and O–H groups in total. The second kappa shape index (κ2) is 5.69. The van der Waals surface area contributed by atoms with Gasteiger partial charge in [0, 0.05) is 12.0 Å². The Morgan fingerprint density at radius 2 is 2.22 bits per heavy atom. The van der Waals surface area contributed by atoms with Gasteiger partial charge in [0.1, 0.15) is 5.58 Å². The van der Waals surface area contributed by atoms with Crippen molar-refractivity contribution in [3.63, 3.8) is 0 Å². The fourth-order valence-electron chi connectivity index (χ4n) is 1.72. The zero-order valence-electron chi connectivity index (χ0n) is 10.3. The van der Waals surface area contributed by atoms with Crippen molar-refractivity contribution < 1.29 is 19.1 Å². The molecule has 0 aliphatic carbocycles. The molecule has 1 aromatic heterocycles. The van der Waals surface area contributed by atoms with Crippen LogP contribution in [-0.4, -0.2) is 17.7 Å². The highest BCUT2D eigenvalue weighted by atomic mass is 16.5. The summed E-state index contributed by atoms with van der Waals surface area (Å²) in [5.41, 5.74) is 1.61. The molecule has 0 unspecified atom stereocenters. The van der Waals surface area contributed by atoms with E-state index in [4.69, 9.17) is 14.3 Å². The molecular weight excluding hydrogens is 232 g/mol. The number of unbranched alkanes of at least 4 members (excludes halogenated alkanes) is 1. The monoisotopic (exact) mass is 248 g/mol. The molecule has 96 valence electrons. The van der Waals surface area contributed by atoms with Crippen molar-refractivity contribution in [3.8, 4) is 0 Å². The van der Waals surface area contributed by atoms with E-state index in [1.807, 2.05) is 12.1 Å². The van der Waals surface area contributed by atoms with E-state index in [1.54, 1.807) is 6.07 Å². The number of ether oxygens (including phenoxy) is 1. The van der Waals surface area contributed by atoms with Crippen LogP contribution in [0.15, 0.2) is 28.7 Å². The summed E-state index contributed by atoms with van der Waals surface area (Å²) in [4.78, 5) is 10.8. The number of furan rings is 1. The molecule has 18 heavy (non-hydrogen) atoms. The van der Waals surface area contributed by atoms with Crippen LogP contribution in [0.5, 0.6) is 0 Å². The summed E-state index contributed by atoms with van der Waals surface area (Å²) < 4.78 is 10.7. The average molecular weight is 248 g/mol. The Morgan fingerprint density at radius 1 is 1.39 bits per heavy atom. The van der Waals surface area contributed by atoms with Crippen LogP contribution in [0.4, 0.5) is 0 Å². The van der Waals surface area contributed by atoms with Crippen LogP contribution in [0.2, 0.25) is 0 Å². The summed E-state index contributed by atoms with van der Waals surface area (Å²) in [6.45, 7) is 3.41. The normalized spacial score (nSPS) is 10.9. The minimum absolute atomic E-state index is 0.0333. The molecule has 0 saturated heterocycles. The maximum atomic E-state index is 10.8. The molecule has 4 heteroatoms. The molecule has 4 nitrogen and oxygen atoms in total. The standard InChI is InChI=1S/C14H16O4/c1-2-3-6-17-9-10-4-5-12-11(7-10)8-13(18-12)14(15)16/h4-5,7-8H,2-3,6,9H2,1H3,(H,15,16). The molecule has 0 aliphatic rings. The van der Waals surface area contributed by atoms with E-state index >= 15 is 0 Å². The fraction of sp³-hybridized carbons (Fsp3) is 0.357. The van der Waals surface area contributed by atoms with Crippen molar-refractivity contribution in [1.82, 2.24) is 0 Å². The Labute approximate surface area is 105 Å². The van der Waals surface area contributed by atoms with Crippen molar-refractivity contribution >= 4 is 16.9 Å². The topological polar surface area (TPSA) is 59.7 Å². The first-order valence-corrected chi connectivity index (χ1v) is 6.04. The van der Waals surface area contributed by atoms with E-state index in [1.165, 1.54) is 6.07 Å². The first-order chi connectivity index (χ1) is 8.70. The predicted octanol–water partition coefficient (Wildman–Crippen LogP) is 3.45. The Balaban J connectivity index is 2.09. The largest absolute Gasteiger partial charge is 0.475 e. The van der Waals surface area contributed by atoms with Crippen LogP contribution in [0.3, 0.4) is 0 Å². The summed E-state index contributed by atoms with van der Waals surface area (Å²) in [6.07, 6.45) is 2.17. The highest BCUT2D eigenvalue weighted by Crippen LogP contribution is 2.21. The fourth-order valence-corrected chi connectivity index (χ4v) is 1.72. The molecule has 0 saturated carbocycles. The molecule has 2 aromatic rings. The van der Waals surface area contributed by atoms with Gasteiger partial charge in [0.2, 0.25) is 5.76 Å². The number of rotatable bonds is 6. The lowest BCUT2D eigenvalue weighted by Crippen LogP contribution is -1.94. The van der Waals surface area contributed by atoms with Gasteiger partial charge in [0.25, 0.3) is 0 Å². The molecule has 0 aliphatic heterocycles. The highest BCUT2D eigenvalue weighted by Gasteiger charge is 2.10. The number of carbonyl (C=O) groups is 1. The lowest BCUT2D eigenvalue weighted by molar-refractivity contribution is 0.0665. The smallest absolute Gasteiger partial charge is 0.371 e. The van der Waals surface area contributed by atoms with Crippen molar-refractivity contribution in [2.24, 2.45) is 0 Å². The van der Waals surface area contributed by atoms with Gasteiger partial charge >= 0.3 is 5.97 Å². The molecule has 1 aromatic carbocycles. The van der Waals surface area contributed by atoms with Gasteiger partial charge in [-0.05, 0) is 30.2 Å². The van der Waals surface area contributed by atoms with Crippen molar-refractivity contribution in [2.75, 3.05) is 6.61 Å². The predicted molar refractivity (Wildman–Crippen MR) is 67.7 cm³/mol. The second-order valence-electron chi connectivity index (χ2n) is 4.19. The molecule has 0 atom stereocenters. The zero-order valence-corrected chi connectivity index (χ0v) is 10.3. The molecule has 1 heterocycles. The lowest BCUT2D eigenvalue weighted by atomic mass is 10.2. The Morgan fingerprint density at radius 3 is 2.94 bits per heavy atom. The summed E-state index contributed by atoms with van der Waals surface area (Å²) in [7, 11) is 0. The minimum atomic E-state index is -1.05. The van der Waals surface area contributed by atoms with Gasteiger partial charge in [-0.1, -0.05) is 19.4 Å². The van der Waals surface area contributed by atoms with E-state index in [9.17, 15) is 4.79 Å². The van der Waals surface area contributed by atoms with Crippen molar-refractivity contribution in [1.29, 1.82) is 0 Å². The number of fused-ring (bicyclic) bond motifs is 1. The first-order valence-electron chi connectivity index (χ1n) is 6.04. The molecule has 0 amide bonds. The van der Waals surface area contributed by atoms with E-state index < -0.39 is 5.97 Å². The van der Waals surface area contributed by atoms with Crippen LogP contribution in [0.1, 0.15) is 35.9 Å². The first kappa shape index (κ1) is 12.6. The third kappa shape index (κ3) is 2.90. The zero-order chi connectivity index (χ0) is 13.0. The van der Waals surface area contributed by atoms with Crippen LogP contribution < -0.4 is 0 Å².